The Morgan fingerprint density at radius 1 is 1.09 bits per heavy atom. The fraction of sp³-hybridized carbons (Fsp3) is 0.286. The molecule has 0 unspecified atom stereocenters. The molecule has 0 aliphatic carbocycles. The Morgan fingerprint density at radius 2 is 1.91 bits per heavy atom. The van der Waals surface area contributed by atoms with Crippen LogP contribution in [0.5, 0.6) is 11.5 Å². The van der Waals surface area contributed by atoms with E-state index >= 15 is 0 Å². The molecule has 166 valence electrons. The molecule has 4 rings (SSSR count). The van der Waals surface area contributed by atoms with Gasteiger partial charge in [0.05, 0.1) is 24.7 Å². The molecule has 1 aliphatic rings. The number of aromatic nitrogens is 4. The van der Waals surface area contributed by atoms with Gasteiger partial charge in [-0.2, -0.15) is 4.68 Å². The van der Waals surface area contributed by atoms with E-state index in [1.807, 2.05) is 32.0 Å². The maximum atomic E-state index is 12.3. The Labute approximate surface area is 188 Å². The molecule has 2 aromatic carbocycles. The zero-order chi connectivity index (χ0) is 22.5. The van der Waals surface area contributed by atoms with Crippen molar-refractivity contribution in [3.05, 3.63) is 47.5 Å². The Morgan fingerprint density at radius 3 is 2.72 bits per heavy atom. The molecule has 3 aromatic rings. The van der Waals surface area contributed by atoms with Crippen molar-refractivity contribution in [1.82, 2.24) is 25.5 Å². The summed E-state index contributed by atoms with van der Waals surface area (Å²) in [6.45, 7) is 5.10. The summed E-state index contributed by atoms with van der Waals surface area (Å²) in [6.07, 6.45) is 0.789. The first-order valence-electron chi connectivity index (χ1n) is 9.99. The number of hydrogen-bond acceptors (Lipinski definition) is 8. The van der Waals surface area contributed by atoms with Crippen molar-refractivity contribution in [2.24, 2.45) is 0 Å². The van der Waals surface area contributed by atoms with Crippen LogP contribution >= 0.6 is 11.8 Å². The number of imide groups is 1. The average Bonchev–Trinajstić information content (AvgIpc) is 3.08. The first-order valence-corrected chi connectivity index (χ1v) is 11.0. The molecular formula is C21H22N6O4S. The summed E-state index contributed by atoms with van der Waals surface area (Å²) in [5, 5.41) is 17.1. The number of nitrogens with zero attached hydrogens (tertiary/aromatic N) is 4. The van der Waals surface area contributed by atoms with Crippen LogP contribution in [0.3, 0.4) is 0 Å². The van der Waals surface area contributed by atoms with Crippen molar-refractivity contribution in [1.29, 1.82) is 0 Å². The van der Waals surface area contributed by atoms with Crippen LogP contribution in [0.15, 0.2) is 41.6 Å². The summed E-state index contributed by atoms with van der Waals surface area (Å²) in [5.41, 5.74) is 3.47. The summed E-state index contributed by atoms with van der Waals surface area (Å²) in [7, 11) is 0. The van der Waals surface area contributed by atoms with Crippen molar-refractivity contribution < 1.29 is 19.1 Å². The second-order valence-corrected chi connectivity index (χ2v) is 8.11. The van der Waals surface area contributed by atoms with E-state index in [0.29, 0.717) is 35.6 Å². The Bertz CT molecular complexity index is 1150. The molecule has 0 atom stereocenters. The molecule has 2 N–H and O–H groups in total. The number of anilines is 1. The summed E-state index contributed by atoms with van der Waals surface area (Å²) in [5.74, 6) is 0.680. The van der Waals surface area contributed by atoms with Gasteiger partial charge in [0.15, 0.2) is 11.5 Å². The van der Waals surface area contributed by atoms with E-state index in [4.69, 9.17) is 9.47 Å². The van der Waals surface area contributed by atoms with Gasteiger partial charge in [-0.05, 0) is 48.0 Å². The van der Waals surface area contributed by atoms with Crippen LogP contribution in [0.1, 0.15) is 17.5 Å². The number of nitrogens with one attached hydrogen (secondary N) is 2. The highest BCUT2D eigenvalue weighted by Crippen LogP contribution is 2.32. The van der Waals surface area contributed by atoms with E-state index in [2.05, 4.69) is 26.2 Å². The largest absolute Gasteiger partial charge is 0.490 e. The molecule has 1 aliphatic heterocycles. The normalized spacial score (nSPS) is 12.7. The zero-order valence-electron chi connectivity index (χ0n) is 17.6. The van der Waals surface area contributed by atoms with Gasteiger partial charge in [-0.25, -0.2) is 4.79 Å². The number of rotatable bonds is 5. The first kappa shape index (κ1) is 21.6. The van der Waals surface area contributed by atoms with Gasteiger partial charge < -0.3 is 14.8 Å². The number of ether oxygens (including phenoxy) is 2. The molecule has 1 aromatic heterocycles. The van der Waals surface area contributed by atoms with Gasteiger partial charge in [-0.1, -0.05) is 29.5 Å². The maximum Gasteiger partial charge on any atom is 0.325 e. The van der Waals surface area contributed by atoms with Crippen LogP contribution in [0, 0.1) is 13.8 Å². The molecule has 0 bridgehead atoms. The third-order valence-electron chi connectivity index (χ3n) is 4.61. The number of aryl methyl sites for hydroxylation is 2. The van der Waals surface area contributed by atoms with Gasteiger partial charge in [0.1, 0.15) is 0 Å². The third kappa shape index (κ3) is 5.17. The molecule has 2 heterocycles. The molecule has 32 heavy (non-hydrogen) atoms. The molecule has 3 amide bonds. The average molecular weight is 455 g/mol. The second-order valence-electron chi connectivity index (χ2n) is 7.17. The SMILES string of the molecule is Cc1ccc(-n2nnnc2SCC(=O)NC(=O)Nc2ccc3c(c2)OCCCO3)c(C)c1. The van der Waals surface area contributed by atoms with E-state index in [1.54, 1.807) is 22.9 Å². The van der Waals surface area contributed by atoms with Crippen molar-refractivity contribution >= 4 is 29.4 Å². The molecule has 10 nitrogen and oxygen atoms in total. The van der Waals surface area contributed by atoms with Crippen LogP contribution in [0.2, 0.25) is 0 Å². The molecule has 0 fully saturated rings. The lowest BCUT2D eigenvalue weighted by Gasteiger charge is -2.11. The van der Waals surface area contributed by atoms with Crippen molar-refractivity contribution in [3.63, 3.8) is 0 Å². The lowest BCUT2D eigenvalue weighted by atomic mass is 10.1. The minimum Gasteiger partial charge on any atom is -0.490 e. The van der Waals surface area contributed by atoms with E-state index < -0.39 is 11.9 Å². The highest BCUT2D eigenvalue weighted by Gasteiger charge is 2.16. The molecule has 0 spiro atoms. The predicted octanol–water partition coefficient (Wildman–Crippen LogP) is 2.88. The van der Waals surface area contributed by atoms with Crippen LogP contribution in [0.25, 0.3) is 5.69 Å². The summed E-state index contributed by atoms with van der Waals surface area (Å²) in [4.78, 5) is 24.5. The van der Waals surface area contributed by atoms with E-state index in [1.165, 1.54) is 0 Å². The minimum atomic E-state index is -0.640. The number of hydrogen-bond donors (Lipinski definition) is 2. The number of fused-ring (bicyclic) bond motifs is 1. The van der Waals surface area contributed by atoms with Crippen LogP contribution in [-0.2, 0) is 4.79 Å². The smallest absolute Gasteiger partial charge is 0.325 e. The number of thioether (sulfide) groups is 1. The van der Waals surface area contributed by atoms with Gasteiger partial charge >= 0.3 is 6.03 Å². The lowest BCUT2D eigenvalue weighted by Crippen LogP contribution is -2.35. The first-order chi connectivity index (χ1) is 15.5. The number of urea groups is 1. The van der Waals surface area contributed by atoms with E-state index in [-0.39, 0.29) is 5.75 Å². The van der Waals surface area contributed by atoms with Gasteiger partial charge in [0, 0.05) is 18.2 Å². The summed E-state index contributed by atoms with van der Waals surface area (Å²) >= 11 is 1.14. The van der Waals surface area contributed by atoms with Crippen LogP contribution < -0.4 is 20.1 Å². The number of carbonyl (C=O) groups is 2. The number of carbonyl (C=O) groups excluding carboxylic acids is 2. The van der Waals surface area contributed by atoms with Gasteiger partial charge in [-0.3, -0.25) is 10.1 Å². The Balaban J connectivity index is 1.33. The Kier molecular flexibility index (Phi) is 6.55. The fourth-order valence-corrected chi connectivity index (χ4v) is 3.84. The topological polar surface area (TPSA) is 120 Å². The van der Waals surface area contributed by atoms with Crippen molar-refractivity contribution in [2.75, 3.05) is 24.3 Å². The number of amides is 3. The molecule has 0 radical (unpaired) electrons. The number of tetrazole rings is 1. The van der Waals surface area contributed by atoms with E-state index in [0.717, 1.165) is 35.0 Å². The molecular weight excluding hydrogens is 432 g/mol. The lowest BCUT2D eigenvalue weighted by molar-refractivity contribution is -0.117. The van der Waals surface area contributed by atoms with E-state index in [9.17, 15) is 9.59 Å². The maximum absolute atomic E-state index is 12.3. The van der Waals surface area contributed by atoms with Crippen molar-refractivity contribution in [2.45, 2.75) is 25.4 Å². The zero-order valence-corrected chi connectivity index (χ0v) is 18.4. The summed E-state index contributed by atoms with van der Waals surface area (Å²) < 4.78 is 12.7. The molecule has 0 saturated carbocycles. The van der Waals surface area contributed by atoms with Gasteiger partial charge in [0.2, 0.25) is 11.1 Å². The van der Waals surface area contributed by atoms with Gasteiger partial charge in [0.25, 0.3) is 0 Å². The predicted molar refractivity (Wildman–Crippen MR) is 119 cm³/mol. The standard InChI is InChI=1S/C21H22N6O4S/c1-13-4-6-16(14(2)10-13)27-21(24-25-26-27)32-12-19(28)23-20(29)22-15-5-7-17-18(11-15)31-9-3-8-30-17/h4-7,10-11H,3,8-9,12H2,1-2H3,(H2,22,23,28,29). The van der Waals surface area contributed by atoms with Crippen molar-refractivity contribution in [3.8, 4) is 17.2 Å². The minimum absolute atomic E-state index is 0.0279. The fourth-order valence-electron chi connectivity index (χ4n) is 3.16. The van der Waals surface area contributed by atoms with Crippen LogP contribution in [-0.4, -0.2) is 51.1 Å². The second kappa shape index (κ2) is 9.69. The quantitative estimate of drug-likeness (QED) is 0.565. The highest BCUT2D eigenvalue weighted by molar-refractivity contribution is 7.99. The summed E-state index contributed by atoms with van der Waals surface area (Å²) in [6, 6.07) is 10.4. The Hall–Kier alpha value is -3.60. The number of benzene rings is 2. The molecule has 11 heteroatoms. The highest BCUT2D eigenvalue weighted by atomic mass is 32.2. The molecule has 0 saturated heterocycles. The van der Waals surface area contributed by atoms with Gasteiger partial charge in [-0.15, -0.1) is 5.10 Å². The third-order valence-corrected chi connectivity index (χ3v) is 5.53. The monoisotopic (exact) mass is 454 g/mol. The van der Waals surface area contributed by atoms with Crippen LogP contribution in [0.4, 0.5) is 10.5 Å².